The number of esters is 1. The molecule has 116 valence electrons. The molecule has 22 heavy (non-hydrogen) atoms. The first kappa shape index (κ1) is 13.4. The molecule has 0 radical (unpaired) electrons. The predicted molar refractivity (Wildman–Crippen MR) is 73.9 cm³/mol. The van der Waals surface area contributed by atoms with E-state index in [0.717, 1.165) is 5.56 Å². The number of fused-ring (bicyclic) bond motifs is 2. The summed E-state index contributed by atoms with van der Waals surface area (Å²) in [7, 11) is 0. The minimum Gasteiger partial charge on any atom is -0.465 e. The number of hydrogen-bond acceptors (Lipinski definition) is 7. The van der Waals surface area contributed by atoms with Gasteiger partial charge in [-0.25, -0.2) is 4.99 Å². The molecular weight excluding hydrogens is 290 g/mol. The summed E-state index contributed by atoms with van der Waals surface area (Å²) < 4.78 is 27.5. The highest BCUT2D eigenvalue weighted by Gasteiger charge is 2.50. The smallest absolute Gasteiger partial charge is 0.303 e. The Bertz CT molecular complexity index is 657. The molecule has 0 saturated carbocycles. The Hall–Kier alpha value is -2.28. The van der Waals surface area contributed by atoms with Crippen molar-refractivity contribution in [2.75, 3.05) is 6.79 Å². The summed E-state index contributed by atoms with van der Waals surface area (Å²) >= 11 is 0. The van der Waals surface area contributed by atoms with Gasteiger partial charge < -0.3 is 23.7 Å². The second kappa shape index (κ2) is 4.88. The van der Waals surface area contributed by atoms with E-state index in [1.165, 1.54) is 6.92 Å². The van der Waals surface area contributed by atoms with Crippen molar-refractivity contribution in [2.24, 2.45) is 4.99 Å². The van der Waals surface area contributed by atoms with Crippen LogP contribution >= 0.6 is 0 Å². The summed E-state index contributed by atoms with van der Waals surface area (Å²) in [6, 6.07) is 5.47. The van der Waals surface area contributed by atoms with E-state index >= 15 is 0 Å². The maximum absolute atomic E-state index is 11.2. The average molecular weight is 305 g/mol. The Morgan fingerprint density at radius 3 is 2.95 bits per heavy atom. The molecule has 7 nitrogen and oxygen atoms in total. The number of rotatable bonds is 2. The van der Waals surface area contributed by atoms with E-state index in [1.54, 1.807) is 0 Å². The van der Waals surface area contributed by atoms with Crippen LogP contribution in [0.3, 0.4) is 0 Å². The van der Waals surface area contributed by atoms with Gasteiger partial charge in [-0.3, -0.25) is 4.79 Å². The Labute approximate surface area is 126 Å². The van der Waals surface area contributed by atoms with Gasteiger partial charge in [0.1, 0.15) is 0 Å². The van der Waals surface area contributed by atoms with E-state index in [2.05, 4.69) is 4.99 Å². The predicted octanol–water partition coefficient (Wildman–Crippen LogP) is 1.24. The van der Waals surface area contributed by atoms with E-state index in [1.807, 2.05) is 25.1 Å². The largest absolute Gasteiger partial charge is 0.465 e. The molecule has 1 aromatic carbocycles. The van der Waals surface area contributed by atoms with Crippen molar-refractivity contribution >= 4 is 11.9 Å². The van der Waals surface area contributed by atoms with Crippen molar-refractivity contribution in [1.29, 1.82) is 0 Å². The van der Waals surface area contributed by atoms with Gasteiger partial charge in [0.25, 0.3) is 0 Å². The van der Waals surface area contributed by atoms with Gasteiger partial charge in [0.05, 0.1) is 6.10 Å². The van der Waals surface area contributed by atoms with Crippen molar-refractivity contribution in [1.82, 2.24) is 0 Å². The molecule has 3 heterocycles. The quantitative estimate of drug-likeness (QED) is 0.765. The van der Waals surface area contributed by atoms with Crippen molar-refractivity contribution < 1.29 is 28.5 Å². The number of carbonyl (C=O) groups is 1. The molecule has 0 aliphatic carbocycles. The van der Waals surface area contributed by atoms with Crippen molar-refractivity contribution in [3.05, 3.63) is 23.8 Å². The second-order valence-electron chi connectivity index (χ2n) is 5.39. The van der Waals surface area contributed by atoms with Crippen LogP contribution in [0.2, 0.25) is 0 Å². The van der Waals surface area contributed by atoms with Crippen molar-refractivity contribution in [3.63, 3.8) is 0 Å². The zero-order chi connectivity index (χ0) is 15.3. The molecule has 4 atom stereocenters. The van der Waals surface area contributed by atoms with Gasteiger partial charge in [-0.2, -0.15) is 0 Å². The lowest BCUT2D eigenvalue weighted by Gasteiger charge is -2.19. The van der Waals surface area contributed by atoms with Gasteiger partial charge in [-0.05, 0) is 25.1 Å². The van der Waals surface area contributed by atoms with Crippen LogP contribution in [0, 0.1) is 0 Å². The molecule has 0 bridgehead atoms. The zero-order valence-electron chi connectivity index (χ0n) is 12.1. The summed E-state index contributed by atoms with van der Waals surface area (Å²) in [5, 5.41) is 0. The highest BCUT2D eigenvalue weighted by atomic mass is 16.7. The number of ether oxygens (including phenoxy) is 5. The molecule has 0 aromatic heterocycles. The summed E-state index contributed by atoms with van der Waals surface area (Å²) in [5.74, 6) is 1.45. The topological polar surface area (TPSA) is 75.6 Å². The molecule has 7 heteroatoms. The lowest BCUT2D eigenvalue weighted by atomic mass is 10.1. The molecule has 1 aromatic rings. The molecule has 0 unspecified atom stereocenters. The molecule has 0 N–H and O–H groups in total. The lowest BCUT2D eigenvalue weighted by Crippen LogP contribution is -2.36. The first-order chi connectivity index (χ1) is 10.6. The van der Waals surface area contributed by atoms with Gasteiger partial charge in [-0.1, -0.05) is 0 Å². The van der Waals surface area contributed by atoms with E-state index in [-0.39, 0.29) is 18.9 Å². The van der Waals surface area contributed by atoms with Gasteiger partial charge in [-0.15, -0.1) is 0 Å². The third-order valence-corrected chi connectivity index (χ3v) is 3.84. The Balaban J connectivity index is 1.56. The van der Waals surface area contributed by atoms with Gasteiger partial charge in [0.2, 0.25) is 12.7 Å². The molecule has 1 saturated heterocycles. The molecule has 3 aliphatic heterocycles. The van der Waals surface area contributed by atoms with Crippen LogP contribution < -0.4 is 9.47 Å². The molecule has 0 spiro atoms. The fourth-order valence-corrected chi connectivity index (χ4v) is 2.83. The molecule has 3 aliphatic rings. The van der Waals surface area contributed by atoms with Gasteiger partial charge >= 0.3 is 5.97 Å². The summed E-state index contributed by atoms with van der Waals surface area (Å²) in [6.45, 7) is 3.42. The number of benzene rings is 1. The van der Waals surface area contributed by atoms with E-state index in [4.69, 9.17) is 23.7 Å². The number of carbonyl (C=O) groups excluding carboxylic acids is 1. The van der Waals surface area contributed by atoms with Crippen LogP contribution in [0.1, 0.15) is 19.4 Å². The Kier molecular flexibility index (Phi) is 2.97. The van der Waals surface area contributed by atoms with Crippen LogP contribution in [-0.2, 0) is 19.0 Å². The first-order valence-corrected chi connectivity index (χ1v) is 7.09. The van der Waals surface area contributed by atoms with Crippen molar-refractivity contribution in [2.45, 2.75) is 38.4 Å². The fraction of sp³-hybridized carbons (Fsp3) is 0.467. The summed E-state index contributed by atoms with van der Waals surface area (Å²) in [4.78, 5) is 15.7. The van der Waals surface area contributed by atoms with E-state index in [9.17, 15) is 4.79 Å². The minimum atomic E-state index is -0.460. The third kappa shape index (κ3) is 2.09. The minimum absolute atomic E-state index is 0.215. The van der Waals surface area contributed by atoms with Crippen LogP contribution in [0.4, 0.5) is 0 Å². The Morgan fingerprint density at radius 1 is 1.32 bits per heavy atom. The fourth-order valence-electron chi connectivity index (χ4n) is 2.83. The average Bonchev–Trinajstić information content (AvgIpc) is 3.14. The van der Waals surface area contributed by atoms with Gasteiger partial charge in [0.15, 0.2) is 29.9 Å². The lowest BCUT2D eigenvalue weighted by molar-refractivity contribution is -0.151. The second-order valence-corrected chi connectivity index (χ2v) is 5.39. The summed E-state index contributed by atoms with van der Waals surface area (Å²) in [6.07, 6.45) is -1.59. The number of hydrogen-bond donors (Lipinski definition) is 0. The van der Waals surface area contributed by atoms with Crippen molar-refractivity contribution in [3.8, 4) is 11.5 Å². The Morgan fingerprint density at radius 2 is 2.14 bits per heavy atom. The SMILES string of the molecule is CC(=O)O[C@H]1[C@H]2OC(c3ccc4c(c3)OCO4)=N[C@H]2O[C@@H]1C. The normalized spacial score (nSPS) is 31.5. The molecular formula is C15H15NO6. The van der Waals surface area contributed by atoms with Crippen LogP contribution in [0.25, 0.3) is 0 Å². The third-order valence-electron chi connectivity index (χ3n) is 3.84. The molecule has 0 amide bonds. The first-order valence-electron chi connectivity index (χ1n) is 7.09. The summed E-state index contributed by atoms with van der Waals surface area (Å²) in [5.41, 5.74) is 0.775. The maximum Gasteiger partial charge on any atom is 0.303 e. The maximum atomic E-state index is 11.2. The molecule has 1 fully saturated rings. The highest BCUT2D eigenvalue weighted by molar-refractivity contribution is 5.96. The highest BCUT2D eigenvalue weighted by Crippen LogP contribution is 2.36. The number of nitrogens with zero attached hydrogens (tertiary/aromatic N) is 1. The zero-order valence-corrected chi connectivity index (χ0v) is 12.1. The standard InChI is InChI=1S/C15H15NO6/c1-7-12(21-8(2)17)13-15(20-7)16-14(22-13)9-3-4-10-11(5-9)19-6-18-10/h3-5,7,12-13,15H,6H2,1-2H3/t7-,12-,13-,15+/m1/s1. The number of aliphatic imine (C=N–C) groups is 1. The van der Waals surface area contributed by atoms with E-state index < -0.39 is 18.4 Å². The monoisotopic (exact) mass is 305 g/mol. The van der Waals surface area contributed by atoms with Crippen LogP contribution in [0.5, 0.6) is 11.5 Å². The van der Waals surface area contributed by atoms with Crippen LogP contribution in [-0.4, -0.2) is 43.2 Å². The van der Waals surface area contributed by atoms with Gasteiger partial charge in [0, 0.05) is 12.5 Å². The van der Waals surface area contributed by atoms with Crippen LogP contribution in [0.15, 0.2) is 23.2 Å². The molecule has 4 rings (SSSR count). The van der Waals surface area contributed by atoms with E-state index in [0.29, 0.717) is 17.4 Å².